The molecule has 0 heterocycles. The van der Waals surface area contributed by atoms with Crippen LogP contribution in [0.1, 0.15) is 35.6 Å². The van der Waals surface area contributed by atoms with Crippen LogP contribution in [0.15, 0.2) is 54.6 Å². The number of nitrogens with two attached hydrogens (primary N) is 1. The summed E-state index contributed by atoms with van der Waals surface area (Å²) in [6.07, 6.45) is 0.898. The zero-order valence-corrected chi connectivity index (χ0v) is 15.4. The molecule has 0 aliphatic heterocycles. The van der Waals surface area contributed by atoms with Crippen molar-refractivity contribution in [2.75, 3.05) is 20.2 Å². The van der Waals surface area contributed by atoms with E-state index in [9.17, 15) is 9.59 Å². The summed E-state index contributed by atoms with van der Waals surface area (Å²) in [5.74, 6) is -0.294. The van der Waals surface area contributed by atoms with E-state index in [4.69, 9.17) is 0 Å². The predicted molar refractivity (Wildman–Crippen MR) is 101 cm³/mol. The van der Waals surface area contributed by atoms with Crippen molar-refractivity contribution in [2.45, 2.75) is 25.8 Å². The molecule has 0 aliphatic carbocycles. The number of esters is 1. The normalized spacial score (nSPS) is 11.6. The molecule has 5 nitrogen and oxygen atoms in total. The first-order valence-electron chi connectivity index (χ1n) is 8.88. The van der Waals surface area contributed by atoms with Gasteiger partial charge < -0.3 is 15.4 Å². The van der Waals surface area contributed by atoms with Crippen molar-refractivity contribution in [3.63, 3.8) is 0 Å². The Bertz CT molecular complexity index is 699. The summed E-state index contributed by atoms with van der Waals surface area (Å²) in [4.78, 5) is 23.2. The molecule has 5 heteroatoms. The fraction of sp³-hybridized carbons (Fsp3) is 0.333. The van der Waals surface area contributed by atoms with Crippen LogP contribution in [-0.2, 0) is 14.3 Å². The molecule has 138 valence electrons. The summed E-state index contributed by atoms with van der Waals surface area (Å²) in [5, 5.41) is 4.89. The van der Waals surface area contributed by atoms with Crippen LogP contribution in [-0.4, -0.2) is 32.1 Å². The van der Waals surface area contributed by atoms with Crippen molar-refractivity contribution < 1.29 is 19.6 Å². The van der Waals surface area contributed by atoms with Gasteiger partial charge in [0.1, 0.15) is 6.04 Å². The van der Waals surface area contributed by atoms with Crippen LogP contribution >= 0.6 is 0 Å². The summed E-state index contributed by atoms with van der Waals surface area (Å²) in [6, 6.07) is 18.6. The van der Waals surface area contributed by atoms with Crippen LogP contribution < -0.4 is 10.6 Å². The van der Waals surface area contributed by atoms with Gasteiger partial charge in [0.15, 0.2) is 6.54 Å². The fourth-order valence-corrected chi connectivity index (χ4v) is 2.76. The van der Waals surface area contributed by atoms with Gasteiger partial charge in [-0.25, -0.2) is 0 Å². The highest BCUT2D eigenvalue weighted by atomic mass is 16.5. The summed E-state index contributed by atoms with van der Waals surface area (Å²) in [7, 11) is 1.37. The van der Waals surface area contributed by atoms with E-state index < -0.39 is 0 Å². The lowest BCUT2D eigenvalue weighted by Crippen LogP contribution is -2.87. The number of nitrogens with one attached hydrogen (secondary N) is 1. The van der Waals surface area contributed by atoms with Gasteiger partial charge in [-0.05, 0) is 13.3 Å². The van der Waals surface area contributed by atoms with E-state index in [1.165, 1.54) is 18.2 Å². The van der Waals surface area contributed by atoms with Gasteiger partial charge in [-0.3, -0.25) is 9.59 Å². The van der Waals surface area contributed by atoms with Crippen LogP contribution in [0.2, 0.25) is 0 Å². The molecule has 2 aromatic rings. The van der Waals surface area contributed by atoms with Gasteiger partial charge in [0.2, 0.25) is 0 Å². The van der Waals surface area contributed by atoms with Gasteiger partial charge in [0, 0.05) is 24.1 Å². The number of carbonyl (C=O) groups excluding carboxylic acids is 2. The predicted octanol–water partition coefficient (Wildman–Crippen LogP) is 1.72. The van der Waals surface area contributed by atoms with Gasteiger partial charge in [-0.2, -0.15) is 0 Å². The van der Waals surface area contributed by atoms with Gasteiger partial charge in [0.05, 0.1) is 7.11 Å². The maximum Gasteiger partial charge on any atom is 0.305 e. The molecule has 0 radical (unpaired) electrons. The van der Waals surface area contributed by atoms with E-state index in [1.54, 1.807) is 0 Å². The van der Waals surface area contributed by atoms with Gasteiger partial charge in [0.25, 0.3) is 5.91 Å². The number of quaternary nitrogens is 1. The van der Waals surface area contributed by atoms with E-state index in [0.717, 1.165) is 5.56 Å². The molecule has 3 N–H and O–H groups in total. The molecule has 1 atom stereocenters. The van der Waals surface area contributed by atoms with Crippen molar-refractivity contribution >= 4 is 11.9 Å². The number of ether oxygens (including phenoxy) is 1. The van der Waals surface area contributed by atoms with Crippen LogP contribution in [0.5, 0.6) is 0 Å². The molecular formula is C21H27N2O3+. The topological polar surface area (TPSA) is 72.0 Å². The number of hydrogen-bond acceptors (Lipinski definition) is 3. The van der Waals surface area contributed by atoms with Crippen LogP contribution in [0.25, 0.3) is 0 Å². The first-order chi connectivity index (χ1) is 12.6. The number of rotatable bonds is 9. The van der Waals surface area contributed by atoms with Crippen molar-refractivity contribution in [2.24, 2.45) is 0 Å². The van der Waals surface area contributed by atoms with Crippen molar-refractivity contribution in [1.29, 1.82) is 0 Å². The largest absolute Gasteiger partial charge is 0.469 e. The third-order valence-electron chi connectivity index (χ3n) is 4.24. The Balaban J connectivity index is 1.92. The maximum absolute atomic E-state index is 12.1. The van der Waals surface area contributed by atoms with Crippen LogP contribution in [0.3, 0.4) is 0 Å². The quantitative estimate of drug-likeness (QED) is 0.531. The number of amides is 1. The molecule has 26 heavy (non-hydrogen) atoms. The lowest BCUT2D eigenvalue weighted by Gasteiger charge is -2.17. The average Bonchev–Trinajstić information content (AvgIpc) is 2.67. The monoisotopic (exact) mass is 355 g/mol. The highest BCUT2D eigenvalue weighted by molar-refractivity contribution is 5.76. The molecule has 0 bridgehead atoms. The highest BCUT2D eigenvalue weighted by Gasteiger charge is 2.18. The van der Waals surface area contributed by atoms with Crippen LogP contribution in [0.4, 0.5) is 0 Å². The summed E-state index contributed by atoms with van der Waals surface area (Å²) in [6.45, 7) is 2.86. The minimum Gasteiger partial charge on any atom is -0.469 e. The fourth-order valence-electron chi connectivity index (χ4n) is 2.76. The molecule has 0 unspecified atom stereocenters. The van der Waals surface area contributed by atoms with Crippen molar-refractivity contribution in [3.05, 3.63) is 71.3 Å². The third kappa shape index (κ3) is 6.33. The Labute approximate surface area is 154 Å². The lowest BCUT2D eigenvalue weighted by molar-refractivity contribution is -0.676. The Morgan fingerprint density at radius 2 is 1.69 bits per heavy atom. The van der Waals surface area contributed by atoms with E-state index in [-0.39, 0.29) is 17.9 Å². The Hall–Kier alpha value is -2.66. The minimum atomic E-state index is -0.255. The van der Waals surface area contributed by atoms with E-state index in [2.05, 4.69) is 53.4 Å². The smallest absolute Gasteiger partial charge is 0.305 e. The first-order valence-corrected chi connectivity index (χ1v) is 8.88. The average molecular weight is 355 g/mol. The zero-order chi connectivity index (χ0) is 18.8. The lowest BCUT2D eigenvalue weighted by atomic mass is 9.98. The van der Waals surface area contributed by atoms with Gasteiger partial charge in [-0.1, -0.05) is 60.2 Å². The molecular weight excluding hydrogens is 328 g/mol. The summed E-state index contributed by atoms with van der Waals surface area (Å²) < 4.78 is 4.58. The summed E-state index contributed by atoms with van der Waals surface area (Å²) in [5.41, 5.74) is 3.54. The SMILES string of the molecule is COC(=O)CCCNC(=O)C[NH2+][C@@H](c1ccccc1)c1ccc(C)cc1. The number of benzene rings is 2. The molecule has 0 aliphatic rings. The Kier molecular flexibility index (Phi) is 7.83. The molecule has 0 fully saturated rings. The number of aryl methyl sites for hydroxylation is 1. The summed E-state index contributed by atoms with van der Waals surface area (Å²) >= 11 is 0. The van der Waals surface area contributed by atoms with E-state index in [0.29, 0.717) is 25.9 Å². The standard InChI is InChI=1S/C21H26N2O3/c1-16-10-12-18(13-11-16)21(17-7-4-3-5-8-17)23-15-19(24)22-14-6-9-20(25)26-2/h3-5,7-8,10-13,21,23H,6,9,14-15H2,1-2H3,(H,22,24)/p+1/t21-/m0/s1. The van der Waals surface area contributed by atoms with Gasteiger partial charge >= 0.3 is 5.97 Å². The maximum atomic E-state index is 12.1. The molecule has 1 amide bonds. The second kappa shape index (κ2) is 10.4. The number of carbonyl (C=O) groups is 2. The first kappa shape index (κ1) is 19.7. The Morgan fingerprint density at radius 1 is 1.04 bits per heavy atom. The number of hydrogen-bond donors (Lipinski definition) is 2. The van der Waals surface area contributed by atoms with Crippen molar-refractivity contribution in [3.8, 4) is 0 Å². The minimum absolute atomic E-state index is 0.0390. The van der Waals surface area contributed by atoms with Crippen LogP contribution in [0, 0.1) is 6.92 Å². The Morgan fingerprint density at radius 3 is 2.35 bits per heavy atom. The zero-order valence-electron chi connectivity index (χ0n) is 15.4. The molecule has 0 aromatic heterocycles. The molecule has 0 saturated heterocycles. The van der Waals surface area contributed by atoms with E-state index in [1.807, 2.05) is 23.5 Å². The second-order valence-corrected chi connectivity index (χ2v) is 6.27. The van der Waals surface area contributed by atoms with Gasteiger partial charge in [-0.15, -0.1) is 0 Å². The third-order valence-corrected chi connectivity index (χ3v) is 4.24. The molecule has 0 spiro atoms. The molecule has 0 saturated carbocycles. The number of methoxy groups -OCH3 is 1. The highest BCUT2D eigenvalue weighted by Crippen LogP contribution is 2.18. The second-order valence-electron chi connectivity index (χ2n) is 6.27. The van der Waals surface area contributed by atoms with E-state index >= 15 is 0 Å². The molecule has 2 rings (SSSR count). The molecule has 2 aromatic carbocycles. The van der Waals surface area contributed by atoms with Crippen molar-refractivity contribution in [1.82, 2.24) is 5.32 Å².